The lowest BCUT2D eigenvalue weighted by Gasteiger charge is -2.19. The zero-order chi connectivity index (χ0) is 21.9. The number of benzene rings is 1. The van der Waals surface area contributed by atoms with Gasteiger partial charge in [-0.2, -0.15) is 0 Å². The molecule has 0 aliphatic heterocycles. The highest BCUT2D eigenvalue weighted by Crippen LogP contribution is 2.13. The first-order valence-corrected chi connectivity index (χ1v) is 11.4. The van der Waals surface area contributed by atoms with Gasteiger partial charge in [-0.15, -0.1) is 0 Å². The van der Waals surface area contributed by atoms with E-state index in [0.29, 0.717) is 37.7 Å². The summed E-state index contributed by atoms with van der Waals surface area (Å²) < 4.78 is 29.7. The topological polar surface area (TPSA) is 121 Å². The van der Waals surface area contributed by atoms with Crippen molar-refractivity contribution >= 4 is 27.8 Å². The van der Waals surface area contributed by atoms with Crippen LogP contribution in [-0.2, 0) is 21.2 Å². The third kappa shape index (κ3) is 12.7. The highest BCUT2D eigenvalue weighted by atomic mass is 32.2. The molecule has 0 radical (unpaired) electrons. The summed E-state index contributed by atoms with van der Waals surface area (Å²) in [4.78, 5) is 15.9. The predicted molar refractivity (Wildman–Crippen MR) is 117 cm³/mol. The number of anilines is 1. The minimum absolute atomic E-state index is 0.381. The molecule has 29 heavy (non-hydrogen) atoms. The zero-order valence-corrected chi connectivity index (χ0v) is 18.6. The van der Waals surface area contributed by atoms with Crippen LogP contribution in [0.4, 0.5) is 10.5 Å². The first kappa shape index (κ1) is 24.7. The Morgan fingerprint density at radius 3 is 2.24 bits per heavy atom. The lowest BCUT2D eigenvalue weighted by Crippen LogP contribution is -2.39. The van der Waals surface area contributed by atoms with Gasteiger partial charge in [0.2, 0.25) is 10.0 Å². The second kappa shape index (κ2) is 11.6. The zero-order valence-electron chi connectivity index (χ0n) is 17.8. The van der Waals surface area contributed by atoms with Crippen molar-refractivity contribution in [1.82, 2.24) is 15.4 Å². The maximum atomic E-state index is 11.8. The fourth-order valence-corrected chi connectivity index (χ4v) is 2.79. The molecule has 0 aliphatic carbocycles. The van der Waals surface area contributed by atoms with Crippen molar-refractivity contribution in [2.45, 2.75) is 39.2 Å². The van der Waals surface area contributed by atoms with Gasteiger partial charge in [-0.05, 0) is 51.3 Å². The Hall–Kier alpha value is -2.33. The number of guanidine groups is 1. The molecular formula is C19H33N5O4S. The molecule has 0 heterocycles. The number of hydrogen-bond donors (Lipinski definition) is 4. The van der Waals surface area contributed by atoms with Crippen LogP contribution in [0.15, 0.2) is 29.3 Å². The van der Waals surface area contributed by atoms with Crippen molar-refractivity contribution in [3.8, 4) is 0 Å². The van der Waals surface area contributed by atoms with Crippen LogP contribution >= 0.6 is 0 Å². The number of nitrogens with zero attached hydrogens (tertiary/aromatic N) is 1. The predicted octanol–water partition coefficient (Wildman–Crippen LogP) is 1.68. The van der Waals surface area contributed by atoms with Crippen molar-refractivity contribution in [3.63, 3.8) is 0 Å². The molecule has 1 aromatic rings. The van der Waals surface area contributed by atoms with Gasteiger partial charge in [0.1, 0.15) is 5.60 Å². The van der Waals surface area contributed by atoms with Gasteiger partial charge >= 0.3 is 6.09 Å². The summed E-state index contributed by atoms with van der Waals surface area (Å²) >= 11 is 0. The lowest BCUT2D eigenvalue weighted by molar-refractivity contribution is 0.0636. The standard InChI is InChI=1S/C19H33N5O4S/c1-19(2,3)28-18(25)24-16-9-7-15(8-10-16)11-14-22-17(20-4)21-12-6-13-23-29(5,26)27/h7-10,23H,6,11-14H2,1-5H3,(H,24,25)(H2,20,21,22). The van der Waals surface area contributed by atoms with Gasteiger partial charge in [-0.1, -0.05) is 12.1 Å². The maximum Gasteiger partial charge on any atom is 0.412 e. The van der Waals surface area contributed by atoms with Crippen molar-refractivity contribution in [1.29, 1.82) is 0 Å². The summed E-state index contributed by atoms with van der Waals surface area (Å²) in [7, 11) is -1.47. The molecule has 164 valence electrons. The molecule has 0 aromatic heterocycles. The van der Waals surface area contributed by atoms with Crippen LogP contribution in [0.5, 0.6) is 0 Å². The van der Waals surface area contributed by atoms with Crippen LogP contribution in [0.25, 0.3) is 0 Å². The van der Waals surface area contributed by atoms with Gasteiger partial charge in [0.25, 0.3) is 0 Å². The van der Waals surface area contributed by atoms with Gasteiger partial charge in [0.15, 0.2) is 5.96 Å². The molecule has 9 nitrogen and oxygen atoms in total. The van der Waals surface area contributed by atoms with E-state index >= 15 is 0 Å². The summed E-state index contributed by atoms with van der Waals surface area (Å²) in [5, 5.41) is 9.05. The number of sulfonamides is 1. The molecule has 0 fully saturated rings. The molecule has 0 saturated carbocycles. The molecule has 0 spiro atoms. The fraction of sp³-hybridized carbons (Fsp3) is 0.579. The van der Waals surface area contributed by atoms with Crippen molar-refractivity contribution in [3.05, 3.63) is 29.8 Å². The lowest BCUT2D eigenvalue weighted by atomic mass is 10.1. The Balaban J connectivity index is 2.31. The molecule has 0 atom stereocenters. The quantitative estimate of drug-likeness (QED) is 0.270. The minimum Gasteiger partial charge on any atom is -0.444 e. The van der Waals surface area contributed by atoms with E-state index < -0.39 is 21.7 Å². The monoisotopic (exact) mass is 427 g/mol. The number of hydrogen-bond acceptors (Lipinski definition) is 5. The van der Waals surface area contributed by atoms with Crippen LogP contribution in [0.2, 0.25) is 0 Å². The molecule has 10 heteroatoms. The normalized spacial score (nSPS) is 12.4. The van der Waals surface area contributed by atoms with Crippen molar-refractivity contribution in [2.75, 3.05) is 38.3 Å². The second-order valence-electron chi connectivity index (χ2n) is 7.52. The molecule has 0 bridgehead atoms. The van der Waals surface area contributed by atoms with Crippen LogP contribution in [0, 0.1) is 0 Å². The highest BCUT2D eigenvalue weighted by molar-refractivity contribution is 7.88. The SMILES string of the molecule is CN=C(NCCCNS(C)(=O)=O)NCCc1ccc(NC(=O)OC(C)(C)C)cc1. The van der Waals surface area contributed by atoms with Gasteiger partial charge < -0.3 is 15.4 Å². The largest absolute Gasteiger partial charge is 0.444 e. The Labute approximate surface area is 173 Å². The first-order chi connectivity index (χ1) is 13.5. The molecule has 1 rings (SSSR count). The summed E-state index contributed by atoms with van der Waals surface area (Å²) in [6.45, 7) is 7.12. The molecule has 1 amide bonds. The van der Waals surface area contributed by atoms with Crippen molar-refractivity contribution < 1.29 is 17.9 Å². The number of nitrogens with one attached hydrogen (secondary N) is 4. The Morgan fingerprint density at radius 1 is 1.07 bits per heavy atom. The van der Waals surface area contributed by atoms with Crippen LogP contribution in [0.3, 0.4) is 0 Å². The van der Waals surface area contributed by atoms with E-state index in [2.05, 4.69) is 25.7 Å². The van der Waals surface area contributed by atoms with Gasteiger partial charge in [0, 0.05) is 32.4 Å². The number of carbonyl (C=O) groups is 1. The number of rotatable bonds is 9. The van der Waals surface area contributed by atoms with E-state index in [1.54, 1.807) is 7.05 Å². The van der Waals surface area contributed by atoms with E-state index in [0.717, 1.165) is 18.2 Å². The van der Waals surface area contributed by atoms with E-state index in [1.165, 1.54) is 0 Å². The Kier molecular flexibility index (Phi) is 9.90. The summed E-state index contributed by atoms with van der Waals surface area (Å²) in [5.41, 5.74) is 1.25. The van der Waals surface area contributed by atoms with Gasteiger partial charge in [-0.25, -0.2) is 17.9 Å². The van der Waals surface area contributed by atoms with Gasteiger partial charge in [0.05, 0.1) is 6.26 Å². The number of ether oxygens (including phenoxy) is 1. The average Bonchev–Trinajstić information content (AvgIpc) is 2.58. The fourth-order valence-electron chi connectivity index (χ4n) is 2.27. The Bertz CT molecular complexity index is 771. The third-order valence-electron chi connectivity index (χ3n) is 3.54. The number of carbonyl (C=O) groups excluding carboxylic acids is 1. The maximum absolute atomic E-state index is 11.8. The molecule has 0 unspecified atom stereocenters. The Morgan fingerprint density at radius 2 is 1.69 bits per heavy atom. The van der Waals surface area contributed by atoms with Crippen LogP contribution in [0.1, 0.15) is 32.8 Å². The van der Waals surface area contributed by atoms with E-state index in [4.69, 9.17) is 4.74 Å². The third-order valence-corrected chi connectivity index (χ3v) is 4.27. The minimum atomic E-state index is -3.15. The van der Waals surface area contributed by atoms with Crippen molar-refractivity contribution in [2.24, 2.45) is 4.99 Å². The smallest absolute Gasteiger partial charge is 0.412 e. The van der Waals surface area contributed by atoms with E-state index in [-0.39, 0.29) is 0 Å². The van der Waals surface area contributed by atoms with Gasteiger partial charge in [-0.3, -0.25) is 10.3 Å². The molecular weight excluding hydrogens is 394 g/mol. The molecule has 0 saturated heterocycles. The molecule has 1 aromatic carbocycles. The summed E-state index contributed by atoms with van der Waals surface area (Å²) in [6.07, 6.45) is 2.10. The van der Waals surface area contributed by atoms with E-state index in [9.17, 15) is 13.2 Å². The van der Waals surface area contributed by atoms with Crippen LogP contribution < -0.4 is 20.7 Å². The molecule has 0 aliphatic rings. The van der Waals surface area contributed by atoms with Crippen LogP contribution in [-0.4, -0.2) is 59.0 Å². The first-order valence-electron chi connectivity index (χ1n) is 9.46. The number of amides is 1. The second-order valence-corrected chi connectivity index (χ2v) is 9.35. The highest BCUT2D eigenvalue weighted by Gasteiger charge is 2.16. The summed E-state index contributed by atoms with van der Waals surface area (Å²) in [6, 6.07) is 7.56. The average molecular weight is 428 g/mol. The van der Waals surface area contributed by atoms with E-state index in [1.807, 2.05) is 45.0 Å². The molecule has 4 N–H and O–H groups in total. The number of aliphatic imine (C=N–C) groups is 1. The summed E-state index contributed by atoms with van der Waals surface area (Å²) in [5.74, 6) is 0.660.